The lowest BCUT2D eigenvalue weighted by Gasteiger charge is -2.38. The van der Waals surface area contributed by atoms with Gasteiger partial charge in [-0.2, -0.15) is 0 Å². The number of rotatable bonds is 5. The largest absolute Gasteiger partial charge is 0.342 e. The van der Waals surface area contributed by atoms with Crippen molar-refractivity contribution in [1.82, 2.24) is 10.2 Å². The summed E-state index contributed by atoms with van der Waals surface area (Å²) in [6, 6.07) is 8.34. The van der Waals surface area contributed by atoms with E-state index in [9.17, 15) is 9.59 Å². The highest BCUT2D eigenvalue weighted by molar-refractivity contribution is 7.99. The van der Waals surface area contributed by atoms with Crippen molar-refractivity contribution in [2.75, 3.05) is 18.1 Å². The maximum Gasteiger partial charge on any atom is 0.248 e. The van der Waals surface area contributed by atoms with Crippen LogP contribution in [0.1, 0.15) is 18.5 Å². The summed E-state index contributed by atoms with van der Waals surface area (Å²) in [4.78, 5) is 26.3. The summed E-state index contributed by atoms with van der Waals surface area (Å²) in [6.07, 6.45) is 5.22. The number of amides is 2. The summed E-state index contributed by atoms with van der Waals surface area (Å²) in [6.45, 7) is 2.23. The van der Waals surface area contributed by atoms with E-state index in [1.54, 1.807) is 23.6 Å². The molecule has 1 fully saturated rings. The zero-order chi connectivity index (χ0) is 15.2. The molecular formula is C16H18N2O2S. The van der Waals surface area contributed by atoms with Crippen LogP contribution in [-0.2, 0) is 9.59 Å². The molecule has 0 saturated carbocycles. The van der Waals surface area contributed by atoms with Crippen LogP contribution in [0.5, 0.6) is 0 Å². The molecule has 2 amide bonds. The number of nitrogens with one attached hydrogen (secondary N) is 1. The van der Waals surface area contributed by atoms with Gasteiger partial charge in [-0.05, 0) is 12.5 Å². The fraction of sp³-hybridized carbons (Fsp3) is 0.375. The zero-order valence-electron chi connectivity index (χ0n) is 11.9. The van der Waals surface area contributed by atoms with Gasteiger partial charge in [0, 0.05) is 12.3 Å². The van der Waals surface area contributed by atoms with Gasteiger partial charge >= 0.3 is 0 Å². The minimum atomic E-state index is -0.554. The highest BCUT2D eigenvalue weighted by Crippen LogP contribution is 2.25. The van der Waals surface area contributed by atoms with Crippen LogP contribution in [0, 0.1) is 12.3 Å². The Bertz CT molecular complexity index is 553. The van der Waals surface area contributed by atoms with E-state index in [1.807, 2.05) is 30.3 Å². The Balaban J connectivity index is 2.19. The van der Waals surface area contributed by atoms with Gasteiger partial charge in [0.15, 0.2) is 0 Å². The number of terminal acetylenes is 1. The molecule has 0 aromatic heterocycles. The van der Waals surface area contributed by atoms with Crippen molar-refractivity contribution in [3.63, 3.8) is 0 Å². The van der Waals surface area contributed by atoms with E-state index in [0.29, 0.717) is 12.3 Å². The maximum absolute atomic E-state index is 12.4. The van der Waals surface area contributed by atoms with Crippen LogP contribution in [-0.4, -0.2) is 40.8 Å². The molecule has 21 heavy (non-hydrogen) atoms. The molecule has 1 heterocycles. The van der Waals surface area contributed by atoms with Gasteiger partial charge in [0.05, 0.1) is 5.75 Å². The number of hydrogen-bond acceptors (Lipinski definition) is 3. The first kappa shape index (κ1) is 15.5. The van der Waals surface area contributed by atoms with Crippen LogP contribution in [0.15, 0.2) is 30.3 Å². The average molecular weight is 302 g/mol. The quantitative estimate of drug-likeness (QED) is 0.661. The van der Waals surface area contributed by atoms with Gasteiger partial charge in [0.1, 0.15) is 12.1 Å². The van der Waals surface area contributed by atoms with Gasteiger partial charge in [0.2, 0.25) is 11.8 Å². The number of hydrogen-bond donors (Lipinski definition) is 1. The number of nitrogens with zero attached hydrogens (tertiary/aromatic N) is 1. The van der Waals surface area contributed by atoms with Crippen LogP contribution in [0.3, 0.4) is 0 Å². The van der Waals surface area contributed by atoms with Crippen LogP contribution in [0.2, 0.25) is 0 Å². The molecule has 4 nitrogen and oxygen atoms in total. The first-order valence-corrected chi connectivity index (χ1v) is 7.97. The molecule has 1 aliphatic rings. The third-order valence-corrected chi connectivity index (χ3v) is 4.19. The first-order chi connectivity index (χ1) is 10.1. The number of piperazine rings is 1. The molecule has 1 saturated heterocycles. The lowest BCUT2D eigenvalue weighted by Crippen LogP contribution is -2.58. The van der Waals surface area contributed by atoms with Crippen LogP contribution in [0.25, 0.3) is 0 Å². The molecule has 0 spiro atoms. The second kappa shape index (κ2) is 7.19. The predicted molar refractivity (Wildman–Crippen MR) is 84.7 cm³/mol. The first-order valence-electron chi connectivity index (χ1n) is 6.82. The fourth-order valence-corrected chi connectivity index (χ4v) is 2.96. The minimum Gasteiger partial charge on any atom is -0.342 e. The molecule has 2 atom stereocenters. The normalized spacial score (nSPS) is 21.8. The van der Waals surface area contributed by atoms with Crippen molar-refractivity contribution in [1.29, 1.82) is 0 Å². The van der Waals surface area contributed by atoms with Crippen molar-refractivity contribution in [2.45, 2.75) is 19.0 Å². The summed E-state index contributed by atoms with van der Waals surface area (Å²) < 4.78 is 0. The van der Waals surface area contributed by atoms with E-state index in [-0.39, 0.29) is 11.8 Å². The lowest BCUT2D eigenvalue weighted by molar-refractivity contribution is -0.148. The molecule has 1 aromatic rings. The van der Waals surface area contributed by atoms with Crippen molar-refractivity contribution < 1.29 is 9.59 Å². The Morgan fingerprint density at radius 2 is 2.05 bits per heavy atom. The number of carbonyl (C=O) groups excluding carboxylic acids is 2. The second-order valence-electron chi connectivity index (χ2n) is 4.83. The van der Waals surface area contributed by atoms with Crippen molar-refractivity contribution >= 4 is 23.6 Å². The second-order valence-corrected chi connectivity index (χ2v) is 5.94. The predicted octanol–water partition coefficient (Wildman–Crippen LogP) is 1.44. The topological polar surface area (TPSA) is 49.4 Å². The van der Waals surface area contributed by atoms with Gasteiger partial charge in [-0.3, -0.25) is 9.59 Å². The highest BCUT2D eigenvalue weighted by Gasteiger charge is 2.38. The molecule has 5 heteroatoms. The van der Waals surface area contributed by atoms with Gasteiger partial charge in [-0.1, -0.05) is 36.3 Å². The number of thioether (sulfide) groups is 1. The number of carbonyl (C=O) groups is 2. The summed E-state index contributed by atoms with van der Waals surface area (Å²) in [5.41, 5.74) is 0.831. The monoisotopic (exact) mass is 302 g/mol. The standard InChI is InChI=1S/C16H18N2O2S/c1-3-10-21-11-9-18-14(13-7-5-4-6-8-13)15(19)17-12(2)16(18)20/h1,4-8,12,14H,9-11H2,2H3,(H,17,19). The van der Waals surface area contributed by atoms with Crippen molar-refractivity contribution in [3.8, 4) is 12.3 Å². The van der Waals surface area contributed by atoms with E-state index >= 15 is 0 Å². The third-order valence-electron chi connectivity index (χ3n) is 3.35. The molecule has 1 aliphatic heterocycles. The van der Waals surface area contributed by atoms with Crippen molar-refractivity contribution in [3.05, 3.63) is 35.9 Å². The lowest BCUT2D eigenvalue weighted by atomic mass is 10.0. The molecule has 0 radical (unpaired) electrons. The van der Waals surface area contributed by atoms with Gasteiger partial charge in [-0.15, -0.1) is 18.2 Å². The zero-order valence-corrected chi connectivity index (χ0v) is 12.7. The fourth-order valence-electron chi connectivity index (χ4n) is 2.37. The summed E-state index contributed by atoms with van der Waals surface area (Å²) in [7, 11) is 0. The van der Waals surface area contributed by atoms with Gasteiger partial charge in [-0.25, -0.2) is 0 Å². The molecule has 1 N–H and O–H groups in total. The summed E-state index contributed by atoms with van der Waals surface area (Å²) >= 11 is 1.59. The summed E-state index contributed by atoms with van der Waals surface area (Å²) in [5, 5.41) is 2.74. The van der Waals surface area contributed by atoms with Gasteiger partial charge < -0.3 is 10.2 Å². The Kier molecular flexibility index (Phi) is 5.29. The highest BCUT2D eigenvalue weighted by atomic mass is 32.2. The Labute approximate surface area is 129 Å². The average Bonchev–Trinajstić information content (AvgIpc) is 2.49. The molecule has 110 valence electrons. The number of benzene rings is 1. The molecule has 1 aromatic carbocycles. The Morgan fingerprint density at radius 1 is 1.33 bits per heavy atom. The Morgan fingerprint density at radius 3 is 2.71 bits per heavy atom. The van der Waals surface area contributed by atoms with Gasteiger partial charge in [0.25, 0.3) is 0 Å². The molecule has 2 rings (SSSR count). The Hall–Kier alpha value is -1.93. The van der Waals surface area contributed by atoms with E-state index in [4.69, 9.17) is 6.42 Å². The van der Waals surface area contributed by atoms with Crippen LogP contribution < -0.4 is 5.32 Å². The molecule has 0 aliphatic carbocycles. The van der Waals surface area contributed by atoms with Crippen molar-refractivity contribution in [2.24, 2.45) is 0 Å². The van der Waals surface area contributed by atoms with E-state index < -0.39 is 12.1 Å². The van der Waals surface area contributed by atoms with E-state index in [0.717, 1.165) is 11.3 Å². The SMILES string of the molecule is C#CCSCCN1C(=O)C(C)NC(=O)C1c1ccccc1. The molecule has 0 bridgehead atoms. The summed E-state index contributed by atoms with van der Waals surface area (Å²) in [5.74, 6) is 3.71. The third kappa shape index (κ3) is 3.59. The van der Waals surface area contributed by atoms with Crippen LogP contribution >= 0.6 is 11.8 Å². The molecular weight excluding hydrogens is 284 g/mol. The minimum absolute atomic E-state index is 0.0511. The van der Waals surface area contributed by atoms with E-state index in [2.05, 4.69) is 11.2 Å². The van der Waals surface area contributed by atoms with E-state index in [1.165, 1.54) is 0 Å². The van der Waals surface area contributed by atoms with Crippen LogP contribution in [0.4, 0.5) is 0 Å². The molecule has 2 unspecified atom stereocenters. The smallest absolute Gasteiger partial charge is 0.248 e. The maximum atomic E-state index is 12.4.